The fourth-order valence-corrected chi connectivity index (χ4v) is 1.80. The van der Waals surface area contributed by atoms with Crippen molar-refractivity contribution in [2.24, 2.45) is 0 Å². The van der Waals surface area contributed by atoms with Gasteiger partial charge in [-0.25, -0.2) is 4.39 Å². The lowest BCUT2D eigenvalue weighted by Crippen LogP contribution is -1.92. The zero-order valence-corrected chi connectivity index (χ0v) is 9.70. The highest BCUT2D eigenvalue weighted by atomic mass is 79.9. The number of benzene rings is 1. The molecular formula is C12H9BrFNO. The first-order valence-electron chi connectivity index (χ1n) is 5.52. The van der Waals surface area contributed by atoms with Crippen LogP contribution in [0.15, 0.2) is 41.1 Å². The largest absolute Gasteiger partial charge is 0.392 e. The Kier molecular flexibility index (Phi) is 2.61. The highest BCUT2D eigenvalue weighted by Crippen LogP contribution is 2.28. The predicted octanol–water partition coefficient (Wildman–Crippen LogP) is 3.14. The summed E-state index contributed by atoms with van der Waals surface area (Å²) in [7, 11) is 0. The van der Waals surface area contributed by atoms with Gasteiger partial charge in [-0.05, 0) is 29.3 Å². The van der Waals surface area contributed by atoms with Crippen molar-refractivity contribution in [3.8, 4) is 11.1 Å². The van der Waals surface area contributed by atoms with Gasteiger partial charge in [-0.2, -0.15) is 0 Å². The van der Waals surface area contributed by atoms with E-state index in [-0.39, 0.29) is 11.1 Å². The van der Waals surface area contributed by atoms with Crippen LogP contribution >= 0.6 is 15.9 Å². The molecule has 0 radical (unpaired) electrons. The van der Waals surface area contributed by atoms with Gasteiger partial charge in [0.1, 0.15) is 5.82 Å². The van der Waals surface area contributed by atoms with E-state index < -0.39 is 12.4 Å². The second-order valence-electron chi connectivity index (χ2n) is 3.16. The molecule has 0 aliphatic carbocycles. The summed E-state index contributed by atoms with van der Waals surface area (Å²) in [4.78, 5) is 3.64. The molecule has 2 rings (SSSR count). The molecule has 2 nitrogen and oxygen atoms in total. The van der Waals surface area contributed by atoms with Crippen LogP contribution in [0.4, 0.5) is 4.39 Å². The second-order valence-corrected chi connectivity index (χ2v) is 4.07. The van der Waals surface area contributed by atoms with Crippen molar-refractivity contribution < 1.29 is 12.2 Å². The van der Waals surface area contributed by atoms with Crippen LogP contribution in [0.25, 0.3) is 11.1 Å². The highest BCUT2D eigenvalue weighted by molar-refractivity contribution is 9.10. The molecule has 1 aromatic carbocycles. The van der Waals surface area contributed by atoms with E-state index in [2.05, 4.69) is 20.9 Å². The Morgan fingerprint density at radius 3 is 2.88 bits per heavy atom. The minimum absolute atomic E-state index is 0.00183. The van der Waals surface area contributed by atoms with Gasteiger partial charge in [-0.1, -0.05) is 22.0 Å². The van der Waals surface area contributed by atoms with Gasteiger partial charge < -0.3 is 5.11 Å². The monoisotopic (exact) mass is 283 g/mol. The van der Waals surface area contributed by atoms with Gasteiger partial charge in [0.05, 0.1) is 15.5 Å². The molecule has 1 aromatic heterocycles. The Morgan fingerprint density at radius 1 is 1.38 bits per heavy atom. The van der Waals surface area contributed by atoms with E-state index in [4.69, 9.17) is 2.74 Å². The first-order chi connectivity index (χ1) is 8.39. The van der Waals surface area contributed by atoms with Crippen LogP contribution in [0.1, 0.15) is 8.30 Å². The molecule has 1 N–H and O–H groups in total. The van der Waals surface area contributed by atoms with Crippen molar-refractivity contribution in [1.82, 2.24) is 4.98 Å². The molecule has 0 bridgehead atoms. The third-order valence-electron chi connectivity index (χ3n) is 2.16. The molecule has 0 unspecified atom stereocenters. The number of halogens is 2. The molecule has 0 fully saturated rings. The Balaban J connectivity index is 2.69. The van der Waals surface area contributed by atoms with E-state index in [9.17, 15) is 9.50 Å². The van der Waals surface area contributed by atoms with E-state index in [1.165, 1.54) is 18.3 Å². The van der Waals surface area contributed by atoms with Gasteiger partial charge in [0.15, 0.2) is 0 Å². The summed E-state index contributed by atoms with van der Waals surface area (Å²) in [5.41, 5.74) is 0.498. The summed E-state index contributed by atoms with van der Waals surface area (Å²) < 4.78 is 29.1. The molecule has 0 aliphatic heterocycles. The van der Waals surface area contributed by atoms with E-state index in [1.807, 2.05) is 0 Å². The predicted molar refractivity (Wildman–Crippen MR) is 63.3 cm³/mol. The fraction of sp³-hybridized carbons (Fsp3) is 0.0833. The molecule has 1 heterocycles. The fourth-order valence-electron chi connectivity index (χ4n) is 1.44. The molecule has 0 saturated carbocycles. The first-order valence-corrected chi connectivity index (χ1v) is 5.31. The average molecular weight is 284 g/mol. The zero-order valence-electron chi connectivity index (χ0n) is 10.1. The average Bonchev–Trinajstić information content (AvgIpc) is 2.29. The van der Waals surface area contributed by atoms with Crippen LogP contribution in [0.3, 0.4) is 0 Å². The molecule has 0 atom stereocenters. The summed E-state index contributed by atoms with van der Waals surface area (Å²) >= 11 is 3.20. The number of hydrogen-bond acceptors (Lipinski definition) is 2. The molecule has 0 amide bonds. The Hall–Kier alpha value is -1.26. The quantitative estimate of drug-likeness (QED) is 0.919. The molecule has 16 heavy (non-hydrogen) atoms. The minimum atomic E-state index is -2.55. The number of aromatic nitrogens is 1. The Bertz CT molecular complexity index is 587. The van der Waals surface area contributed by atoms with Gasteiger partial charge in [-0.15, -0.1) is 0 Å². The number of hydrogen-bond donors (Lipinski definition) is 1. The molecule has 0 spiro atoms. The lowest BCUT2D eigenvalue weighted by molar-refractivity contribution is 0.282. The van der Waals surface area contributed by atoms with Gasteiger partial charge in [0.2, 0.25) is 0 Å². The first kappa shape index (κ1) is 8.84. The van der Waals surface area contributed by atoms with Crippen molar-refractivity contribution in [1.29, 1.82) is 0 Å². The summed E-state index contributed by atoms with van der Waals surface area (Å²) in [6.07, 6.45) is 2.46. The van der Waals surface area contributed by atoms with E-state index in [0.717, 1.165) is 6.20 Å². The number of nitrogens with zero attached hydrogens (tertiary/aromatic N) is 1. The maximum atomic E-state index is 13.7. The van der Waals surface area contributed by atoms with E-state index in [0.29, 0.717) is 10.0 Å². The standard InChI is InChI=1S/C12H9BrFNO/c13-9-1-2-10(8(5-9)7-16)11-3-4-15-6-12(11)14/h1-6,16H,7H2/i7D2. The zero-order chi connectivity index (χ0) is 13.3. The van der Waals surface area contributed by atoms with E-state index >= 15 is 0 Å². The van der Waals surface area contributed by atoms with Crippen LogP contribution in [0.5, 0.6) is 0 Å². The SMILES string of the molecule is [2H]C([2H])(O)c1cc(Br)ccc1-c1ccncc1F. The maximum Gasteiger partial charge on any atom is 0.149 e. The summed E-state index contributed by atoms with van der Waals surface area (Å²) in [6.45, 7) is -2.55. The third-order valence-corrected chi connectivity index (χ3v) is 2.66. The smallest absolute Gasteiger partial charge is 0.149 e. The number of pyridine rings is 1. The van der Waals surface area contributed by atoms with Crippen molar-refractivity contribution in [3.05, 3.63) is 52.5 Å². The minimum Gasteiger partial charge on any atom is -0.392 e. The maximum absolute atomic E-state index is 13.7. The molecule has 4 heteroatoms. The van der Waals surface area contributed by atoms with Crippen LogP contribution in [0.2, 0.25) is 0 Å². The number of rotatable bonds is 2. The summed E-state index contributed by atoms with van der Waals surface area (Å²) in [5.74, 6) is -0.565. The normalized spacial score (nSPS) is 13.2. The topological polar surface area (TPSA) is 33.1 Å². The lowest BCUT2D eigenvalue weighted by Gasteiger charge is -2.08. The highest BCUT2D eigenvalue weighted by Gasteiger charge is 2.09. The molecule has 2 aromatic rings. The lowest BCUT2D eigenvalue weighted by atomic mass is 10.0. The van der Waals surface area contributed by atoms with Crippen LogP contribution in [0, 0.1) is 5.82 Å². The van der Waals surface area contributed by atoms with Gasteiger partial charge in [0.25, 0.3) is 0 Å². The molecule has 0 aliphatic rings. The number of aliphatic hydroxyl groups is 1. The third kappa shape index (κ3) is 2.13. The van der Waals surface area contributed by atoms with Crippen molar-refractivity contribution in [2.75, 3.05) is 0 Å². The molecule has 0 saturated heterocycles. The molecular weight excluding hydrogens is 273 g/mol. The van der Waals surface area contributed by atoms with Crippen LogP contribution < -0.4 is 0 Å². The van der Waals surface area contributed by atoms with Gasteiger partial charge >= 0.3 is 0 Å². The van der Waals surface area contributed by atoms with Crippen molar-refractivity contribution in [2.45, 2.75) is 6.56 Å². The summed E-state index contributed by atoms with van der Waals surface area (Å²) in [5, 5.41) is 9.52. The second kappa shape index (κ2) is 4.72. The van der Waals surface area contributed by atoms with Crippen LogP contribution in [-0.4, -0.2) is 10.1 Å². The van der Waals surface area contributed by atoms with Gasteiger partial charge in [-0.3, -0.25) is 4.98 Å². The summed E-state index contributed by atoms with van der Waals surface area (Å²) in [6, 6.07) is 6.07. The van der Waals surface area contributed by atoms with Gasteiger partial charge in [0, 0.05) is 16.2 Å². The Labute approximate surface area is 104 Å². The molecule has 82 valence electrons. The Morgan fingerprint density at radius 2 is 2.19 bits per heavy atom. The van der Waals surface area contributed by atoms with Crippen LogP contribution in [-0.2, 0) is 6.56 Å². The van der Waals surface area contributed by atoms with E-state index in [1.54, 1.807) is 12.1 Å². The van der Waals surface area contributed by atoms with Crippen molar-refractivity contribution in [3.63, 3.8) is 0 Å². The van der Waals surface area contributed by atoms with Crippen molar-refractivity contribution >= 4 is 15.9 Å².